The number of methoxy groups -OCH3 is 1. The number of nitrogens with zero attached hydrogens (tertiary/aromatic N) is 3. The Bertz CT molecular complexity index is 1240. The number of rotatable bonds is 8. The summed E-state index contributed by atoms with van der Waals surface area (Å²) >= 11 is 0. The molecule has 8 heteroatoms. The first kappa shape index (κ1) is 24.8. The third-order valence-electron chi connectivity index (χ3n) is 6.23. The lowest BCUT2D eigenvalue weighted by molar-refractivity contribution is -0.131. The van der Waals surface area contributed by atoms with Crippen LogP contribution < -0.4 is 9.64 Å². The Morgan fingerprint density at radius 2 is 1.51 bits per heavy atom. The molecular weight excluding hydrogens is 462 g/mol. The molecule has 1 saturated heterocycles. The van der Waals surface area contributed by atoms with Crippen LogP contribution in [0, 0.1) is 6.92 Å². The zero-order valence-corrected chi connectivity index (χ0v) is 20.9. The number of aryl methyl sites for hydroxylation is 1. The van der Waals surface area contributed by atoms with Crippen LogP contribution in [0.1, 0.15) is 11.1 Å². The van der Waals surface area contributed by atoms with Crippen LogP contribution in [0.5, 0.6) is 5.75 Å². The van der Waals surface area contributed by atoms with Gasteiger partial charge in [-0.05, 0) is 36.8 Å². The van der Waals surface area contributed by atoms with E-state index in [9.17, 15) is 13.2 Å². The highest BCUT2D eigenvalue weighted by atomic mass is 32.2. The highest BCUT2D eigenvalue weighted by Gasteiger charge is 2.30. The van der Waals surface area contributed by atoms with Crippen molar-refractivity contribution in [3.05, 3.63) is 90.0 Å². The molecule has 0 aromatic heterocycles. The summed E-state index contributed by atoms with van der Waals surface area (Å²) in [5.74, 6) is 0.599. The molecule has 1 fully saturated rings. The number of piperazine rings is 1. The van der Waals surface area contributed by atoms with Gasteiger partial charge in [0.2, 0.25) is 15.9 Å². The van der Waals surface area contributed by atoms with Gasteiger partial charge in [-0.25, -0.2) is 8.42 Å². The molecule has 4 rings (SSSR count). The van der Waals surface area contributed by atoms with Gasteiger partial charge < -0.3 is 14.5 Å². The van der Waals surface area contributed by atoms with E-state index >= 15 is 0 Å². The summed E-state index contributed by atoms with van der Waals surface area (Å²) in [4.78, 5) is 17.4. The molecular formula is C27H31N3O4S. The Morgan fingerprint density at radius 3 is 2.17 bits per heavy atom. The molecule has 7 nitrogen and oxygen atoms in total. The van der Waals surface area contributed by atoms with E-state index in [4.69, 9.17) is 4.74 Å². The van der Waals surface area contributed by atoms with Gasteiger partial charge in [-0.2, -0.15) is 4.31 Å². The van der Waals surface area contributed by atoms with E-state index in [2.05, 4.69) is 4.90 Å². The molecule has 35 heavy (non-hydrogen) atoms. The molecule has 184 valence electrons. The van der Waals surface area contributed by atoms with Gasteiger partial charge in [0.15, 0.2) is 0 Å². The maximum Gasteiger partial charge on any atom is 0.243 e. The summed E-state index contributed by atoms with van der Waals surface area (Å²) in [7, 11) is -2.20. The quantitative estimate of drug-likeness (QED) is 0.480. The lowest BCUT2D eigenvalue weighted by Crippen LogP contribution is -2.51. The second-order valence-corrected chi connectivity index (χ2v) is 10.5. The predicted molar refractivity (Wildman–Crippen MR) is 137 cm³/mol. The molecule has 1 aliphatic rings. The van der Waals surface area contributed by atoms with Gasteiger partial charge in [0.05, 0.1) is 24.2 Å². The summed E-state index contributed by atoms with van der Waals surface area (Å²) in [5, 5.41) is 0. The van der Waals surface area contributed by atoms with E-state index in [1.54, 1.807) is 42.3 Å². The third-order valence-corrected chi connectivity index (χ3v) is 8.04. The average Bonchev–Trinajstić information content (AvgIpc) is 2.90. The molecule has 1 heterocycles. The Hall–Kier alpha value is -3.36. The Morgan fingerprint density at radius 1 is 0.886 bits per heavy atom. The summed E-state index contributed by atoms with van der Waals surface area (Å²) in [6, 6.07) is 23.8. The zero-order valence-electron chi connectivity index (χ0n) is 20.1. The van der Waals surface area contributed by atoms with Crippen molar-refractivity contribution >= 4 is 21.6 Å². The van der Waals surface area contributed by atoms with Gasteiger partial charge in [0, 0.05) is 32.7 Å². The second-order valence-electron chi connectivity index (χ2n) is 8.61. The molecule has 0 radical (unpaired) electrons. The number of benzene rings is 3. The smallest absolute Gasteiger partial charge is 0.243 e. The van der Waals surface area contributed by atoms with Crippen molar-refractivity contribution in [3.63, 3.8) is 0 Å². The normalized spacial score (nSPS) is 14.3. The number of carbonyl (C=O) groups excluding carboxylic acids is 1. The summed E-state index contributed by atoms with van der Waals surface area (Å²) in [5.41, 5.74) is 2.92. The zero-order chi connectivity index (χ0) is 24.8. The fourth-order valence-electron chi connectivity index (χ4n) is 4.20. The molecule has 0 saturated carbocycles. The third kappa shape index (κ3) is 5.83. The van der Waals surface area contributed by atoms with Crippen LogP contribution >= 0.6 is 0 Å². The first-order chi connectivity index (χ1) is 16.9. The minimum Gasteiger partial charge on any atom is -0.495 e. The maximum absolute atomic E-state index is 13.5. The van der Waals surface area contributed by atoms with Gasteiger partial charge >= 0.3 is 0 Å². The van der Waals surface area contributed by atoms with Crippen molar-refractivity contribution in [2.75, 3.05) is 44.7 Å². The average molecular weight is 494 g/mol. The number of para-hydroxylation sites is 2. The maximum atomic E-state index is 13.5. The lowest BCUT2D eigenvalue weighted by Gasteiger charge is -2.37. The van der Waals surface area contributed by atoms with Crippen LogP contribution in [-0.4, -0.2) is 63.4 Å². The SMILES string of the molecule is COc1ccccc1N1CCN(C(=O)CN(Cc2ccc(C)cc2)S(=O)(=O)c2ccccc2)CC1. The van der Waals surface area contributed by atoms with Crippen molar-refractivity contribution in [1.29, 1.82) is 0 Å². The topological polar surface area (TPSA) is 70.2 Å². The minimum absolute atomic E-state index is 0.129. The van der Waals surface area contributed by atoms with Crippen molar-refractivity contribution in [3.8, 4) is 5.75 Å². The van der Waals surface area contributed by atoms with Crippen LogP contribution in [0.3, 0.4) is 0 Å². The highest BCUT2D eigenvalue weighted by Crippen LogP contribution is 2.28. The predicted octanol–water partition coefficient (Wildman–Crippen LogP) is 3.54. The van der Waals surface area contributed by atoms with Crippen molar-refractivity contribution in [2.45, 2.75) is 18.4 Å². The van der Waals surface area contributed by atoms with E-state index in [0.717, 1.165) is 22.6 Å². The monoisotopic (exact) mass is 493 g/mol. The molecule has 0 atom stereocenters. The molecule has 0 bridgehead atoms. The van der Waals surface area contributed by atoms with Crippen LogP contribution in [0.4, 0.5) is 5.69 Å². The van der Waals surface area contributed by atoms with Crippen LogP contribution in [0.2, 0.25) is 0 Å². The number of sulfonamides is 1. The molecule has 3 aromatic carbocycles. The van der Waals surface area contributed by atoms with Crippen LogP contribution in [0.15, 0.2) is 83.8 Å². The number of hydrogen-bond donors (Lipinski definition) is 0. The summed E-state index contributed by atoms with van der Waals surface area (Å²) in [6.45, 7) is 4.23. The molecule has 1 amide bonds. The number of ether oxygens (including phenoxy) is 1. The summed E-state index contributed by atoms with van der Waals surface area (Å²) in [6.07, 6.45) is 0. The lowest BCUT2D eigenvalue weighted by atomic mass is 10.1. The van der Waals surface area contributed by atoms with Gasteiger partial charge in [-0.1, -0.05) is 60.2 Å². The van der Waals surface area contributed by atoms with Gasteiger partial charge in [-0.3, -0.25) is 4.79 Å². The van der Waals surface area contributed by atoms with Crippen molar-refractivity contribution < 1.29 is 17.9 Å². The Kier molecular flexibility index (Phi) is 7.73. The van der Waals surface area contributed by atoms with Gasteiger partial charge in [0.1, 0.15) is 5.75 Å². The first-order valence-electron chi connectivity index (χ1n) is 11.6. The molecule has 0 aliphatic carbocycles. The van der Waals surface area contributed by atoms with Crippen LogP contribution in [0.25, 0.3) is 0 Å². The molecule has 0 spiro atoms. The van der Waals surface area contributed by atoms with E-state index < -0.39 is 10.0 Å². The minimum atomic E-state index is -3.85. The van der Waals surface area contributed by atoms with Crippen molar-refractivity contribution in [1.82, 2.24) is 9.21 Å². The van der Waals surface area contributed by atoms with E-state index in [1.165, 1.54) is 4.31 Å². The second kappa shape index (κ2) is 10.9. The largest absolute Gasteiger partial charge is 0.495 e. The van der Waals surface area contributed by atoms with Crippen LogP contribution in [-0.2, 0) is 21.4 Å². The molecule has 1 aliphatic heterocycles. The van der Waals surface area contributed by atoms with Crippen molar-refractivity contribution in [2.24, 2.45) is 0 Å². The summed E-state index contributed by atoms with van der Waals surface area (Å²) < 4.78 is 33.7. The van der Waals surface area contributed by atoms with E-state index in [-0.39, 0.29) is 23.9 Å². The fraction of sp³-hybridized carbons (Fsp3) is 0.296. The number of hydrogen-bond acceptors (Lipinski definition) is 5. The number of carbonyl (C=O) groups is 1. The van der Waals surface area contributed by atoms with Gasteiger partial charge in [0.25, 0.3) is 0 Å². The highest BCUT2D eigenvalue weighted by molar-refractivity contribution is 7.89. The van der Waals surface area contributed by atoms with E-state index in [0.29, 0.717) is 26.2 Å². The fourth-order valence-corrected chi connectivity index (χ4v) is 5.60. The Balaban J connectivity index is 1.49. The molecule has 0 N–H and O–H groups in total. The Labute approximate surface area is 207 Å². The standard InChI is InChI=1S/C27H31N3O4S/c1-22-12-14-23(15-13-22)20-30(35(32,33)24-8-4-3-5-9-24)21-27(31)29-18-16-28(17-19-29)25-10-6-7-11-26(25)34-2/h3-15H,16-21H2,1-2H3. The number of amides is 1. The first-order valence-corrected chi connectivity index (χ1v) is 13.1. The molecule has 3 aromatic rings. The van der Waals surface area contributed by atoms with E-state index in [1.807, 2.05) is 55.5 Å². The van der Waals surface area contributed by atoms with Gasteiger partial charge in [-0.15, -0.1) is 0 Å². The molecule has 0 unspecified atom stereocenters. The number of anilines is 1.